The van der Waals surface area contributed by atoms with Crippen LogP contribution in [-0.4, -0.2) is 84.9 Å². The molecule has 1 aromatic heterocycles. The number of phenolic OH excluding ortho intramolecular Hbond substituents is 1. The first kappa shape index (κ1) is 29.1. The van der Waals surface area contributed by atoms with Gasteiger partial charge >= 0.3 is 11.9 Å². The number of aromatic nitrogens is 2. The number of benzene rings is 1. The number of carboxylic acid groups (broad SMARTS) is 2. The number of carboxylic acids is 2. The van der Waals surface area contributed by atoms with Gasteiger partial charge in [0.05, 0.1) is 18.8 Å². The van der Waals surface area contributed by atoms with Crippen LogP contribution in [0.4, 0.5) is 0 Å². The number of hydrogen-bond acceptors (Lipinski definition) is 9. The van der Waals surface area contributed by atoms with Crippen LogP contribution in [0.3, 0.4) is 0 Å². The third-order valence-corrected chi connectivity index (χ3v) is 5.54. The van der Waals surface area contributed by atoms with Crippen LogP contribution in [0.5, 0.6) is 5.75 Å². The van der Waals surface area contributed by atoms with Crippen LogP contribution in [0.15, 0.2) is 36.8 Å². The Morgan fingerprint density at radius 1 is 0.919 bits per heavy atom. The SMILES string of the molecule is NC(CS)C(=O)NC(Cc1cnc[nH]1)C(=O)NC(Cc1ccc(O)cc1)C(=O)NC(CC(=O)O)C(=O)O. The van der Waals surface area contributed by atoms with E-state index in [-0.39, 0.29) is 24.3 Å². The van der Waals surface area contributed by atoms with E-state index in [4.69, 9.17) is 10.8 Å². The van der Waals surface area contributed by atoms with Crippen LogP contribution in [0.25, 0.3) is 0 Å². The molecule has 14 nitrogen and oxygen atoms in total. The summed E-state index contributed by atoms with van der Waals surface area (Å²) in [6.45, 7) is 0. The summed E-state index contributed by atoms with van der Waals surface area (Å²) in [5, 5.41) is 34.9. The molecule has 4 atom stereocenters. The fourth-order valence-electron chi connectivity index (χ4n) is 3.18. The first-order valence-electron chi connectivity index (χ1n) is 11.0. The van der Waals surface area contributed by atoms with Crippen molar-refractivity contribution in [1.29, 1.82) is 0 Å². The lowest BCUT2D eigenvalue weighted by Crippen LogP contribution is -2.58. The van der Waals surface area contributed by atoms with E-state index in [1.807, 2.05) is 0 Å². The Morgan fingerprint density at radius 2 is 1.49 bits per heavy atom. The van der Waals surface area contributed by atoms with Crippen LogP contribution in [0, 0.1) is 0 Å². The minimum Gasteiger partial charge on any atom is -0.508 e. The third-order valence-electron chi connectivity index (χ3n) is 5.15. The number of nitrogens with two attached hydrogens (primary N) is 1. The highest BCUT2D eigenvalue weighted by Crippen LogP contribution is 2.12. The largest absolute Gasteiger partial charge is 0.508 e. The first-order chi connectivity index (χ1) is 17.5. The van der Waals surface area contributed by atoms with E-state index in [1.54, 1.807) is 0 Å². The highest BCUT2D eigenvalue weighted by Gasteiger charge is 2.31. The van der Waals surface area contributed by atoms with Gasteiger partial charge in [-0.2, -0.15) is 12.6 Å². The van der Waals surface area contributed by atoms with Crippen molar-refractivity contribution in [2.45, 2.75) is 43.4 Å². The average Bonchev–Trinajstić information content (AvgIpc) is 3.36. The molecular formula is C22H28N6O8S. The summed E-state index contributed by atoms with van der Waals surface area (Å²) in [5.41, 5.74) is 6.68. The van der Waals surface area contributed by atoms with E-state index in [9.17, 15) is 34.2 Å². The minimum absolute atomic E-state index is 0.0102. The molecule has 2 rings (SSSR count). The van der Waals surface area contributed by atoms with E-state index in [0.29, 0.717) is 11.3 Å². The van der Waals surface area contributed by atoms with Gasteiger partial charge < -0.3 is 42.0 Å². The van der Waals surface area contributed by atoms with Gasteiger partial charge in [0.2, 0.25) is 17.7 Å². The molecule has 9 N–H and O–H groups in total. The fourth-order valence-corrected chi connectivity index (χ4v) is 3.35. The summed E-state index contributed by atoms with van der Waals surface area (Å²) >= 11 is 3.97. The van der Waals surface area contributed by atoms with Crippen LogP contribution in [0.1, 0.15) is 17.7 Å². The van der Waals surface area contributed by atoms with Gasteiger partial charge in [-0.15, -0.1) is 0 Å². The Balaban J connectivity index is 2.29. The van der Waals surface area contributed by atoms with Crippen LogP contribution >= 0.6 is 12.6 Å². The second kappa shape index (κ2) is 13.8. The molecule has 0 aliphatic rings. The monoisotopic (exact) mass is 536 g/mol. The minimum atomic E-state index is -1.75. The zero-order valence-corrected chi connectivity index (χ0v) is 20.4. The molecule has 15 heteroatoms. The van der Waals surface area contributed by atoms with Crippen molar-refractivity contribution in [1.82, 2.24) is 25.9 Å². The van der Waals surface area contributed by atoms with Crippen molar-refractivity contribution in [3.8, 4) is 5.75 Å². The Morgan fingerprint density at radius 3 is 2.00 bits per heavy atom. The van der Waals surface area contributed by atoms with Crippen molar-refractivity contribution in [2.24, 2.45) is 5.73 Å². The molecule has 0 radical (unpaired) electrons. The second-order valence-corrected chi connectivity index (χ2v) is 8.43. The summed E-state index contributed by atoms with van der Waals surface area (Å²) in [6, 6.07) is 0.359. The Labute approximate surface area is 216 Å². The average molecular weight is 537 g/mol. The number of aromatic hydroxyl groups is 1. The van der Waals surface area contributed by atoms with Crippen molar-refractivity contribution in [3.05, 3.63) is 48.0 Å². The van der Waals surface area contributed by atoms with E-state index in [1.165, 1.54) is 36.8 Å². The number of carbonyl (C=O) groups is 5. The van der Waals surface area contributed by atoms with Gasteiger partial charge in [-0.05, 0) is 17.7 Å². The lowest BCUT2D eigenvalue weighted by atomic mass is 10.0. The van der Waals surface area contributed by atoms with Crippen LogP contribution in [0.2, 0.25) is 0 Å². The lowest BCUT2D eigenvalue weighted by Gasteiger charge is -2.25. The second-order valence-electron chi connectivity index (χ2n) is 8.06. The number of thiol groups is 1. The van der Waals surface area contributed by atoms with Gasteiger partial charge in [0.25, 0.3) is 0 Å². The predicted octanol–water partition coefficient (Wildman–Crippen LogP) is -1.83. The number of aromatic amines is 1. The van der Waals surface area contributed by atoms with Gasteiger partial charge in [-0.25, -0.2) is 9.78 Å². The highest BCUT2D eigenvalue weighted by atomic mass is 32.1. The van der Waals surface area contributed by atoms with Gasteiger partial charge in [0.1, 0.15) is 23.9 Å². The number of nitrogens with one attached hydrogen (secondary N) is 4. The number of rotatable bonds is 14. The summed E-state index contributed by atoms with van der Waals surface area (Å²) in [7, 11) is 0. The number of nitrogens with zero attached hydrogens (tertiary/aromatic N) is 1. The molecule has 0 spiro atoms. The number of imidazole rings is 1. The Kier molecular flexibility index (Phi) is 10.9. The molecule has 0 fully saturated rings. The topological polar surface area (TPSA) is 237 Å². The van der Waals surface area contributed by atoms with Gasteiger partial charge in [0, 0.05) is 30.5 Å². The molecule has 0 saturated heterocycles. The molecule has 0 aliphatic heterocycles. The maximum absolute atomic E-state index is 13.2. The number of amides is 3. The third kappa shape index (κ3) is 9.46. The number of hydrogen-bond donors (Lipinski definition) is 9. The standard InChI is InChI=1S/C22H28N6O8S/c23-14(9-37)19(32)26-16(6-12-8-24-10-25-12)21(34)27-15(5-11-1-3-13(29)4-2-11)20(33)28-17(22(35)36)7-18(30)31/h1-4,8,10,14-17,29,37H,5-7,9,23H2,(H,24,25)(H,26,32)(H,27,34)(H,28,33)(H,30,31)(H,35,36). The quantitative estimate of drug-likeness (QED) is 0.122. The van der Waals surface area contributed by atoms with E-state index < -0.39 is 60.2 Å². The molecule has 1 aromatic carbocycles. The fraction of sp³-hybridized carbons (Fsp3) is 0.364. The Hall–Kier alpha value is -4.11. The zero-order valence-electron chi connectivity index (χ0n) is 19.5. The number of aliphatic carboxylic acids is 2. The smallest absolute Gasteiger partial charge is 0.326 e. The van der Waals surface area contributed by atoms with Crippen molar-refractivity contribution >= 4 is 42.3 Å². The first-order valence-corrected chi connectivity index (χ1v) is 11.6. The molecular weight excluding hydrogens is 508 g/mol. The van der Waals surface area contributed by atoms with E-state index >= 15 is 0 Å². The number of carbonyl (C=O) groups excluding carboxylic acids is 3. The molecule has 0 bridgehead atoms. The molecule has 2 aromatic rings. The van der Waals surface area contributed by atoms with Crippen molar-refractivity contribution in [2.75, 3.05) is 5.75 Å². The molecule has 0 saturated carbocycles. The number of phenols is 1. The molecule has 0 aliphatic carbocycles. The lowest BCUT2D eigenvalue weighted by molar-refractivity contribution is -0.147. The molecule has 1 heterocycles. The molecule has 200 valence electrons. The maximum Gasteiger partial charge on any atom is 0.326 e. The van der Waals surface area contributed by atoms with Crippen LogP contribution < -0.4 is 21.7 Å². The predicted molar refractivity (Wildman–Crippen MR) is 132 cm³/mol. The van der Waals surface area contributed by atoms with Gasteiger partial charge in [-0.1, -0.05) is 12.1 Å². The number of H-pyrrole nitrogens is 1. The van der Waals surface area contributed by atoms with E-state index in [0.717, 1.165) is 0 Å². The van der Waals surface area contributed by atoms with Crippen molar-refractivity contribution < 1.29 is 39.3 Å². The molecule has 3 amide bonds. The van der Waals surface area contributed by atoms with Gasteiger partial charge in [-0.3, -0.25) is 19.2 Å². The van der Waals surface area contributed by atoms with Crippen molar-refractivity contribution in [3.63, 3.8) is 0 Å². The summed E-state index contributed by atoms with van der Waals surface area (Å²) in [6.07, 6.45) is 1.75. The summed E-state index contributed by atoms with van der Waals surface area (Å²) in [4.78, 5) is 67.7. The highest BCUT2D eigenvalue weighted by molar-refractivity contribution is 7.80. The van der Waals surface area contributed by atoms with E-state index in [2.05, 4.69) is 38.5 Å². The molecule has 4 unspecified atom stereocenters. The summed E-state index contributed by atoms with van der Waals surface area (Å²) < 4.78 is 0. The maximum atomic E-state index is 13.2. The zero-order chi connectivity index (χ0) is 27.5. The van der Waals surface area contributed by atoms with Gasteiger partial charge in [0.15, 0.2) is 0 Å². The van der Waals surface area contributed by atoms with Crippen LogP contribution in [-0.2, 0) is 36.8 Å². The normalized spacial score (nSPS) is 14.0. The molecule has 37 heavy (non-hydrogen) atoms. The Bertz CT molecular complexity index is 1100. The summed E-state index contributed by atoms with van der Waals surface area (Å²) in [5.74, 6) is -5.47.